The normalized spacial score (nSPS) is 15.9. The summed E-state index contributed by atoms with van der Waals surface area (Å²) in [6.07, 6.45) is -1.15. The van der Waals surface area contributed by atoms with Gasteiger partial charge in [-0.1, -0.05) is 24.3 Å². The molecule has 1 heterocycles. The molecule has 7 nitrogen and oxygen atoms in total. The summed E-state index contributed by atoms with van der Waals surface area (Å²) >= 11 is 0. The number of hydrogen-bond donors (Lipinski definition) is 1. The molecular weight excluding hydrogens is 391 g/mol. The van der Waals surface area contributed by atoms with Crippen molar-refractivity contribution in [3.05, 3.63) is 71.0 Å². The second-order valence-corrected chi connectivity index (χ2v) is 7.06. The van der Waals surface area contributed by atoms with Crippen LogP contribution < -0.4 is 5.32 Å². The molecule has 1 N–H and O–H groups in total. The Morgan fingerprint density at radius 2 is 1.47 bits per heavy atom. The van der Waals surface area contributed by atoms with E-state index < -0.39 is 41.9 Å². The average Bonchev–Trinajstić information content (AvgIpc) is 2.98. The molecule has 30 heavy (non-hydrogen) atoms. The number of rotatable bonds is 6. The zero-order valence-electron chi connectivity index (χ0n) is 16.7. The molecular formula is C22H21FN2O5. The summed E-state index contributed by atoms with van der Waals surface area (Å²) in [6, 6.07) is 10.3. The summed E-state index contributed by atoms with van der Waals surface area (Å²) in [5.74, 6) is -2.98. The zero-order valence-corrected chi connectivity index (χ0v) is 16.7. The minimum atomic E-state index is -1.19. The second-order valence-electron chi connectivity index (χ2n) is 7.06. The van der Waals surface area contributed by atoms with E-state index in [1.807, 2.05) is 0 Å². The first-order valence-electron chi connectivity index (χ1n) is 9.44. The van der Waals surface area contributed by atoms with Crippen molar-refractivity contribution in [3.8, 4) is 0 Å². The number of fused-ring (bicyclic) bond motifs is 1. The lowest BCUT2D eigenvalue weighted by Crippen LogP contribution is -2.46. The highest BCUT2D eigenvalue weighted by molar-refractivity contribution is 6.22. The molecule has 1 aliphatic rings. The highest BCUT2D eigenvalue weighted by atomic mass is 19.1. The van der Waals surface area contributed by atoms with Gasteiger partial charge in [0.15, 0.2) is 6.10 Å². The standard InChI is InChI=1S/C22H21FN2O5/c1-12(15-8-10-16(23)11-9-15)24-19(26)14(3)30-22(29)13(2)25-20(27)17-6-4-5-7-18(17)21(25)28/h4-14H,1-3H3,(H,24,26)/t12-,13+,14+/m0/s1. The van der Waals surface area contributed by atoms with Gasteiger partial charge in [-0.3, -0.25) is 19.3 Å². The Balaban J connectivity index is 1.61. The number of halogens is 1. The second kappa shape index (κ2) is 8.44. The number of nitrogens with one attached hydrogen (secondary N) is 1. The third-order valence-corrected chi connectivity index (χ3v) is 4.94. The average molecular weight is 412 g/mol. The summed E-state index contributed by atoms with van der Waals surface area (Å²) in [6.45, 7) is 4.47. The number of imide groups is 1. The quantitative estimate of drug-likeness (QED) is 0.582. The van der Waals surface area contributed by atoms with Gasteiger partial charge in [0.25, 0.3) is 17.7 Å². The first kappa shape index (κ1) is 21.2. The first-order chi connectivity index (χ1) is 14.2. The first-order valence-corrected chi connectivity index (χ1v) is 9.44. The van der Waals surface area contributed by atoms with Crippen molar-refractivity contribution in [3.63, 3.8) is 0 Å². The molecule has 1 aliphatic heterocycles. The van der Waals surface area contributed by atoms with Crippen LogP contribution in [0.3, 0.4) is 0 Å². The monoisotopic (exact) mass is 412 g/mol. The summed E-state index contributed by atoms with van der Waals surface area (Å²) < 4.78 is 18.2. The lowest BCUT2D eigenvalue weighted by molar-refractivity contribution is -0.158. The van der Waals surface area contributed by atoms with E-state index >= 15 is 0 Å². The smallest absolute Gasteiger partial charge is 0.329 e. The van der Waals surface area contributed by atoms with Gasteiger partial charge in [0, 0.05) is 0 Å². The van der Waals surface area contributed by atoms with Gasteiger partial charge in [0.2, 0.25) is 0 Å². The third kappa shape index (κ3) is 4.07. The Bertz CT molecular complexity index is 970. The topological polar surface area (TPSA) is 92.8 Å². The number of benzene rings is 2. The van der Waals surface area contributed by atoms with Crippen LogP contribution in [0, 0.1) is 5.82 Å². The van der Waals surface area contributed by atoms with Crippen molar-refractivity contribution < 1.29 is 28.3 Å². The number of amides is 3. The highest BCUT2D eigenvalue weighted by Crippen LogP contribution is 2.25. The molecule has 0 bridgehead atoms. The predicted octanol–water partition coefficient (Wildman–Crippen LogP) is 2.62. The van der Waals surface area contributed by atoms with E-state index in [1.165, 1.54) is 38.1 Å². The number of ether oxygens (including phenoxy) is 1. The molecule has 3 rings (SSSR count). The van der Waals surface area contributed by atoms with Crippen molar-refractivity contribution in [2.45, 2.75) is 39.0 Å². The lowest BCUT2D eigenvalue weighted by Gasteiger charge is -2.23. The van der Waals surface area contributed by atoms with E-state index in [4.69, 9.17) is 4.74 Å². The van der Waals surface area contributed by atoms with Gasteiger partial charge in [-0.25, -0.2) is 9.18 Å². The maximum absolute atomic E-state index is 13.0. The zero-order chi connectivity index (χ0) is 22.0. The maximum atomic E-state index is 13.0. The molecule has 2 aromatic rings. The van der Waals surface area contributed by atoms with Gasteiger partial charge in [0.05, 0.1) is 17.2 Å². The number of carbonyl (C=O) groups excluding carboxylic acids is 4. The van der Waals surface area contributed by atoms with Crippen LogP contribution in [-0.2, 0) is 14.3 Å². The number of nitrogens with zero attached hydrogens (tertiary/aromatic N) is 1. The van der Waals surface area contributed by atoms with E-state index in [9.17, 15) is 23.6 Å². The van der Waals surface area contributed by atoms with Crippen LogP contribution in [0.25, 0.3) is 0 Å². The minimum absolute atomic E-state index is 0.223. The van der Waals surface area contributed by atoms with Crippen molar-refractivity contribution in [2.75, 3.05) is 0 Å². The van der Waals surface area contributed by atoms with Gasteiger partial charge in [-0.2, -0.15) is 0 Å². The Hall–Kier alpha value is -3.55. The van der Waals surface area contributed by atoms with E-state index in [0.29, 0.717) is 5.56 Å². The highest BCUT2D eigenvalue weighted by Gasteiger charge is 2.41. The van der Waals surface area contributed by atoms with Crippen LogP contribution in [0.2, 0.25) is 0 Å². The molecule has 0 aromatic heterocycles. The predicted molar refractivity (Wildman–Crippen MR) is 105 cm³/mol. The Morgan fingerprint density at radius 1 is 0.933 bits per heavy atom. The summed E-state index contributed by atoms with van der Waals surface area (Å²) in [5.41, 5.74) is 1.13. The van der Waals surface area contributed by atoms with E-state index in [-0.39, 0.29) is 16.9 Å². The van der Waals surface area contributed by atoms with Crippen LogP contribution in [0.4, 0.5) is 4.39 Å². The molecule has 0 spiro atoms. The van der Waals surface area contributed by atoms with Crippen molar-refractivity contribution in [2.24, 2.45) is 0 Å². The van der Waals surface area contributed by atoms with Gasteiger partial charge >= 0.3 is 5.97 Å². The fourth-order valence-corrected chi connectivity index (χ4v) is 3.16. The molecule has 0 unspecified atom stereocenters. The summed E-state index contributed by atoms with van der Waals surface area (Å²) in [4.78, 5) is 50.7. The van der Waals surface area contributed by atoms with Crippen LogP contribution in [0.5, 0.6) is 0 Å². The van der Waals surface area contributed by atoms with Crippen LogP contribution in [-0.4, -0.2) is 40.7 Å². The van der Waals surface area contributed by atoms with Crippen molar-refractivity contribution in [1.29, 1.82) is 0 Å². The molecule has 3 atom stereocenters. The van der Waals surface area contributed by atoms with Gasteiger partial charge in [-0.15, -0.1) is 0 Å². The molecule has 2 aromatic carbocycles. The van der Waals surface area contributed by atoms with Gasteiger partial charge < -0.3 is 10.1 Å². The van der Waals surface area contributed by atoms with E-state index in [1.54, 1.807) is 31.2 Å². The largest absolute Gasteiger partial charge is 0.451 e. The number of hydrogen-bond acceptors (Lipinski definition) is 5. The molecule has 0 fully saturated rings. The third-order valence-electron chi connectivity index (χ3n) is 4.94. The fourth-order valence-electron chi connectivity index (χ4n) is 3.16. The fraction of sp³-hybridized carbons (Fsp3) is 0.273. The SMILES string of the molecule is C[C@H](NC(=O)[C@@H](C)OC(=O)[C@@H](C)N1C(=O)c2ccccc2C1=O)c1ccc(F)cc1. The molecule has 0 aliphatic carbocycles. The van der Waals surface area contributed by atoms with Crippen molar-refractivity contribution in [1.82, 2.24) is 10.2 Å². The lowest BCUT2D eigenvalue weighted by atomic mass is 10.1. The van der Waals surface area contributed by atoms with Crippen molar-refractivity contribution >= 4 is 23.7 Å². The molecule has 3 amide bonds. The summed E-state index contributed by atoms with van der Waals surface area (Å²) in [7, 11) is 0. The van der Waals surface area contributed by atoms with Gasteiger partial charge in [0.1, 0.15) is 11.9 Å². The molecule has 0 saturated heterocycles. The summed E-state index contributed by atoms with van der Waals surface area (Å²) in [5, 5.41) is 2.67. The molecule has 8 heteroatoms. The minimum Gasteiger partial charge on any atom is -0.451 e. The van der Waals surface area contributed by atoms with Gasteiger partial charge in [-0.05, 0) is 50.6 Å². The number of carbonyl (C=O) groups is 4. The Morgan fingerprint density at radius 3 is 2.00 bits per heavy atom. The van der Waals surface area contributed by atoms with E-state index in [2.05, 4.69) is 5.32 Å². The molecule has 0 radical (unpaired) electrons. The van der Waals surface area contributed by atoms with E-state index in [0.717, 1.165) is 4.90 Å². The maximum Gasteiger partial charge on any atom is 0.329 e. The molecule has 0 saturated carbocycles. The van der Waals surface area contributed by atoms with Crippen LogP contribution in [0.15, 0.2) is 48.5 Å². The molecule has 156 valence electrons. The Kier molecular flexibility index (Phi) is 5.96. The Labute approximate surface area is 172 Å². The number of esters is 1. The van der Waals surface area contributed by atoms with Crippen LogP contribution in [0.1, 0.15) is 53.1 Å². The van der Waals surface area contributed by atoms with Crippen LogP contribution >= 0.6 is 0 Å².